The molecule has 0 radical (unpaired) electrons. The lowest BCUT2D eigenvalue weighted by Gasteiger charge is -2.24. The van der Waals surface area contributed by atoms with E-state index in [-0.39, 0.29) is 5.69 Å². The van der Waals surface area contributed by atoms with E-state index in [9.17, 15) is 10.1 Å². The lowest BCUT2D eigenvalue weighted by molar-refractivity contribution is -0.383. The van der Waals surface area contributed by atoms with Gasteiger partial charge >= 0.3 is 0 Å². The van der Waals surface area contributed by atoms with Crippen molar-refractivity contribution in [1.29, 1.82) is 5.26 Å². The van der Waals surface area contributed by atoms with E-state index in [1.165, 1.54) is 6.07 Å². The standard InChI is InChI=1S/C15H14N4O2/c16-8-2-10-18(11-4-5-11)13-6-7-14(19(20)21)15-12(13)3-1-9-17-15/h1,3,6-7,9,11H,2,4-5,10H2. The molecular formula is C15H14N4O2. The molecule has 1 saturated carbocycles. The molecule has 6 nitrogen and oxygen atoms in total. The lowest BCUT2D eigenvalue weighted by atomic mass is 10.1. The molecule has 3 rings (SSSR count). The highest BCUT2D eigenvalue weighted by molar-refractivity contribution is 5.97. The van der Waals surface area contributed by atoms with E-state index in [0.29, 0.717) is 24.5 Å². The van der Waals surface area contributed by atoms with Crippen molar-refractivity contribution in [3.63, 3.8) is 0 Å². The topological polar surface area (TPSA) is 83.1 Å². The van der Waals surface area contributed by atoms with Gasteiger partial charge in [0.1, 0.15) is 5.52 Å². The average molecular weight is 282 g/mol. The molecule has 0 spiro atoms. The Labute approximate surface area is 121 Å². The smallest absolute Gasteiger partial charge is 0.295 e. The molecule has 1 aliphatic rings. The fraction of sp³-hybridized carbons (Fsp3) is 0.333. The van der Waals surface area contributed by atoms with Crippen LogP contribution in [0.2, 0.25) is 0 Å². The van der Waals surface area contributed by atoms with E-state index in [1.807, 2.05) is 6.07 Å². The number of nitrogens with zero attached hydrogens (tertiary/aromatic N) is 4. The van der Waals surface area contributed by atoms with E-state index < -0.39 is 4.92 Å². The number of fused-ring (bicyclic) bond motifs is 1. The van der Waals surface area contributed by atoms with Crippen LogP contribution >= 0.6 is 0 Å². The molecule has 0 bridgehead atoms. The maximum absolute atomic E-state index is 11.1. The second-order valence-electron chi connectivity index (χ2n) is 5.09. The zero-order valence-corrected chi connectivity index (χ0v) is 11.4. The number of aromatic nitrogens is 1. The van der Waals surface area contributed by atoms with E-state index in [0.717, 1.165) is 23.9 Å². The highest BCUT2D eigenvalue weighted by Gasteiger charge is 2.30. The number of non-ortho nitro benzene ring substituents is 1. The largest absolute Gasteiger partial charge is 0.367 e. The Morgan fingerprint density at radius 2 is 2.24 bits per heavy atom. The Morgan fingerprint density at radius 3 is 2.90 bits per heavy atom. The maximum atomic E-state index is 11.1. The van der Waals surface area contributed by atoms with Gasteiger partial charge in [-0.15, -0.1) is 0 Å². The predicted molar refractivity (Wildman–Crippen MR) is 79.0 cm³/mol. The van der Waals surface area contributed by atoms with Gasteiger partial charge < -0.3 is 4.90 Å². The van der Waals surface area contributed by atoms with Gasteiger partial charge in [0, 0.05) is 35.9 Å². The molecule has 1 aromatic heterocycles. The Morgan fingerprint density at radius 1 is 1.43 bits per heavy atom. The van der Waals surface area contributed by atoms with Crippen LogP contribution in [0.1, 0.15) is 19.3 Å². The van der Waals surface area contributed by atoms with Crippen LogP contribution < -0.4 is 4.90 Å². The van der Waals surface area contributed by atoms with E-state index in [2.05, 4.69) is 16.0 Å². The zero-order chi connectivity index (χ0) is 14.8. The van der Waals surface area contributed by atoms with Crippen LogP contribution in [0.4, 0.5) is 11.4 Å². The summed E-state index contributed by atoms with van der Waals surface area (Å²) >= 11 is 0. The first-order valence-electron chi connectivity index (χ1n) is 6.88. The quantitative estimate of drug-likeness (QED) is 0.621. The third-order valence-corrected chi connectivity index (χ3v) is 3.68. The van der Waals surface area contributed by atoms with Gasteiger partial charge in [-0.1, -0.05) is 0 Å². The van der Waals surface area contributed by atoms with E-state index in [4.69, 9.17) is 5.26 Å². The fourth-order valence-corrected chi connectivity index (χ4v) is 2.60. The highest BCUT2D eigenvalue weighted by Crippen LogP contribution is 2.38. The second kappa shape index (κ2) is 5.37. The predicted octanol–water partition coefficient (Wildman–Crippen LogP) is 3.03. The molecule has 0 N–H and O–H groups in total. The van der Waals surface area contributed by atoms with Crippen LogP contribution in [0.15, 0.2) is 30.5 Å². The first-order valence-corrected chi connectivity index (χ1v) is 6.88. The lowest BCUT2D eigenvalue weighted by Crippen LogP contribution is -2.26. The van der Waals surface area contributed by atoms with Crippen molar-refractivity contribution in [3.05, 3.63) is 40.6 Å². The number of nitro benzene ring substituents is 1. The first-order chi connectivity index (χ1) is 10.2. The van der Waals surface area contributed by atoms with Crippen LogP contribution in [-0.2, 0) is 0 Å². The minimum absolute atomic E-state index is 0.0189. The molecule has 1 fully saturated rings. The maximum Gasteiger partial charge on any atom is 0.295 e. The van der Waals surface area contributed by atoms with Gasteiger partial charge in [0.05, 0.1) is 17.4 Å². The Balaban J connectivity index is 2.12. The summed E-state index contributed by atoms with van der Waals surface area (Å²) in [4.78, 5) is 17.1. The molecular weight excluding hydrogens is 268 g/mol. The second-order valence-corrected chi connectivity index (χ2v) is 5.09. The van der Waals surface area contributed by atoms with Crippen molar-refractivity contribution in [2.45, 2.75) is 25.3 Å². The van der Waals surface area contributed by atoms with E-state index in [1.54, 1.807) is 18.3 Å². The van der Waals surface area contributed by atoms with Crippen molar-refractivity contribution in [3.8, 4) is 6.07 Å². The molecule has 1 heterocycles. The molecule has 21 heavy (non-hydrogen) atoms. The monoisotopic (exact) mass is 282 g/mol. The van der Waals surface area contributed by atoms with Crippen LogP contribution in [-0.4, -0.2) is 22.5 Å². The van der Waals surface area contributed by atoms with Crippen molar-refractivity contribution in [2.75, 3.05) is 11.4 Å². The van der Waals surface area contributed by atoms with Gasteiger partial charge in [-0.05, 0) is 31.0 Å². The van der Waals surface area contributed by atoms with Gasteiger partial charge in [-0.3, -0.25) is 10.1 Å². The van der Waals surface area contributed by atoms with Crippen molar-refractivity contribution >= 4 is 22.3 Å². The molecule has 0 amide bonds. The zero-order valence-electron chi connectivity index (χ0n) is 11.4. The molecule has 0 atom stereocenters. The van der Waals surface area contributed by atoms with Gasteiger partial charge in [-0.25, -0.2) is 4.98 Å². The Hall–Kier alpha value is -2.68. The van der Waals surface area contributed by atoms with Crippen LogP contribution in [0.25, 0.3) is 10.9 Å². The first kappa shape index (κ1) is 13.3. The minimum Gasteiger partial charge on any atom is -0.367 e. The van der Waals surface area contributed by atoms with Crippen LogP contribution in [0.3, 0.4) is 0 Å². The number of benzene rings is 1. The summed E-state index contributed by atoms with van der Waals surface area (Å²) in [6.07, 6.45) is 4.21. The van der Waals surface area contributed by atoms with Crippen molar-refractivity contribution in [2.24, 2.45) is 0 Å². The van der Waals surface area contributed by atoms with E-state index >= 15 is 0 Å². The number of pyridine rings is 1. The summed E-state index contributed by atoms with van der Waals surface area (Å²) < 4.78 is 0. The Bertz CT molecular complexity index is 734. The molecule has 2 aromatic rings. The molecule has 1 aliphatic carbocycles. The average Bonchev–Trinajstić information content (AvgIpc) is 3.32. The van der Waals surface area contributed by atoms with Crippen LogP contribution in [0.5, 0.6) is 0 Å². The van der Waals surface area contributed by atoms with Gasteiger partial charge in [-0.2, -0.15) is 5.26 Å². The molecule has 1 aromatic carbocycles. The summed E-state index contributed by atoms with van der Waals surface area (Å²) in [6, 6.07) is 9.51. The third-order valence-electron chi connectivity index (χ3n) is 3.68. The summed E-state index contributed by atoms with van der Waals surface area (Å²) in [5.41, 5.74) is 1.36. The third kappa shape index (κ3) is 2.50. The highest BCUT2D eigenvalue weighted by atomic mass is 16.6. The number of hydrogen-bond donors (Lipinski definition) is 0. The molecule has 0 aliphatic heterocycles. The number of rotatable bonds is 5. The molecule has 0 unspecified atom stereocenters. The van der Waals surface area contributed by atoms with Gasteiger partial charge in [0.15, 0.2) is 0 Å². The van der Waals surface area contributed by atoms with Crippen molar-refractivity contribution < 1.29 is 4.92 Å². The number of nitro groups is 1. The van der Waals surface area contributed by atoms with Crippen LogP contribution in [0, 0.1) is 21.4 Å². The fourth-order valence-electron chi connectivity index (χ4n) is 2.60. The Kier molecular flexibility index (Phi) is 3.40. The van der Waals surface area contributed by atoms with Gasteiger partial charge in [0.2, 0.25) is 0 Å². The van der Waals surface area contributed by atoms with Gasteiger partial charge in [0.25, 0.3) is 5.69 Å². The molecule has 0 saturated heterocycles. The summed E-state index contributed by atoms with van der Waals surface area (Å²) in [5.74, 6) is 0. The summed E-state index contributed by atoms with van der Waals surface area (Å²) in [5, 5.41) is 20.7. The minimum atomic E-state index is -0.407. The molecule has 6 heteroatoms. The molecule has 106 valence electrons. The number of nitriles is 1. The number of hydrogen-bond acceptors (Lipinski definition) is 5. The summed E-state index contributed by atoms with van der Waals surface area (Å²) in [7, 11) is 0. The summed E-state index contributed by atoms with van der Waals surface area (Å²) in [6.45, 7) is 0.642. The SMILES string of the molecule is N#CCCN(c1ccc([N+](=O)[O-])c2ncccc12)C1CC1. The normalized spacial score (nSPS) is 13.9. The number of anilines is 1. The van der Waals surface area contributed by atoms with Crippen molar-refractivity contribution in [1.82, 2.24) is 4.98 Å².